The van der Waals surface area contributed by atoms with Crippen molar-refractivity contribution < 1.29 is 9.53 Å². The minimum Gasteiger partial charge on any atom is -0.493 e. The monoisotopic (exact) mass is 275 g/mol. The molecule has 0 aliphatic rings. The predicted octanol–water partition coefficient (Wildman–Crippen LogP) is 0.689. The Morgan fingerprint density at radius 2 is 2.35 bits per heavy atom. The summed E-state index contributed by atoms with van der Waals surface area (Å²) in [6, 6.07) is 5.16. The number of aromatic nitrogens is 3. The molecule has 20 heavy (non-hydrogen) atoms. The number of nitrogens with two attached hydrogens (primary N) is 1. The van der Waals surface area contributed by atoms with Crippen molar-refractivity contribution >= 4 is 11.6 Å². The number of amides is 1. The molecule has 0 unspecified atom stereocenters. The Bertz CT molecular complexity index is 568. The van der Waals surface area contributed by atoms with E-state index in [-0.39, 0.29) is 5.91 Å². The van der Waals surface area contributed by atoms with E-state index in [1.54, 1.807) is 35.3 Å². The molecule has 1 amide bonds. The Morgan fingerprint density at radius 3 is 3.05 bits per heavy atom. The lowest BCUT2D eigenvalue weighted by Crippen LogP contribution is -2.28. The summed E-state index contributed by atoms with van der Waals surface area (Å²) in [5, 5.41) is 10.3. The van der Waals surface area contributed by atoms with Gasteiger partial charge in [-0.3, -0.25) is 9.48 Å². The van der Waals surface area contributed by atoms with Gasteiger partial charge in [-0.15, -0.1) is 5.10 Å². The second-order valence-corrected chi connectivity index (χ2v) is 4.08. The van der Waals surface area contributed by atoms with Crippen LogP contribution in [0, 0.1) is 0 Å². The molecule has 0 saturated heterocycles. The zero-order valence-corrected chi connectivity index (χ0v) is 11.2. The highest BCUT2D eigenvalue weighted by Gasteiger charge is 2.15. The third kappa shape index (κ3) is 3.25. The molecule has 1 heterocycles. The maximum absolute atomic E-state index is 12.2. The minimum atomic E-state index is -0.258. The first-order chi connectivity index (χ1) is 9.72. The predicted molar refractivity (Wildman–Crippen MR) is 74.4 cm³/mol. The van der Waals surface area contributed by atoms with Gasteiger partial charge in [0.05, 0.1) is 19.3 Å². The molecule has 106 valence electrons. The van der Waals surface area contributed by atoms with E-state index in [4.69, 9.17) is 10.5 Å². The molecule has 2 aromatic rings. The quantitative estimate of drug-likeness (QED) is 0.756. The summed E-state index contributed by atoms with van der Waals surface area (Å²) in [5.74, 6) is 0.234. The van der Waals surface area contributed by atoms with Gasteiger partial charge in [0.1, 0.15) is 11.3 Å². The molecule has 0 aliphatic carbocycles. The lowest BCUT2D eigenvalue weighted by molar-refractivity contribution is 0.0949. The number of rotatable bonds is 6. The van der Waals surface area contributed by atoms with Crippen molar-refractivity contribution in [2.45, 2.75) is 13.5 Å². The molecule has 0 atom stereocenters. The fourth-order valence-corrected chi connectivity index (χ4v) is 1.79. The molecule has 0 aliphatic heterocycles. The lowest BCUT2D eigenvalue weighted by Gasteiger charge is -2.12. The second kappa shape index (κ2) is 6.55. The van der Waals surface area contributed by atoms with Crippen molar-refractivity contribution in [1.29, 1.82) is 0 Å². The molecule has 1 aromatic carbocycles. The van der Waals surface area contributed by atoms with E-state index in [9.17, 15) is 4.79 Å². The number of nitrogens with one attached hydrogen (secondary N) is 1. The van der Waals surface area contributed by atoms with Crippen LogP contribution in [0.4, 0.5) is 5.69 Å². The van der Waals surface area contributed by atoms with Gasteiger partial charge in [0.25, 0.3) is 5.91 Å². The van der Waals surface area contributed by atoms with Crippen LogP contribution in [-0.4, -0.2) is 34.1 Å². The van der Waals surface area contributed by atoms with Gasteiger partial charge in [-0.1, -0.05) is 11.3 Å². The number of hydrogen-bond donors (Lipinski definition) is 2. The van der Waals surface area contributed by atoms with Crippen molar-refractivity contribution in [3.8, 4) is 5.75 Å². The van der Waals surface area contributed by atoms with Crippen molar-refractivity contribution in [2.24, 2.45) is 0 Å². The number of nitrogens with zero attached hydrogens (tertiary/aromatic N) is 3. The van der Waals surface area contributed by atoms with Crippen LogP contribution >= 0.6 is 0 Å². The summed E-state index contributed by atoms with van der Waals surface area (Å²) in [4.78, 5) is 12.2. The minimum absolute atomic E-state index is 0.258. The highest BCUT2D eigenvalue weighted by Crippen LogP contribution is 2.24. The van der Waals surface area contributed by atoms with Crippen LogP contribution in [0.2, 0.25) is 0 Å². The summed E-state index contributed by atoms with van der Waals surface area (Å²) in [6.07, 6.45) is 3.32. The maximum atomic E-state index is 12.2. The van der Waals surface area contributed by atoms with E-state index >= 15 is 0 Å². The van der Waals surface area contributed by atoms with Crippen LogP contribution in [-0.2, 0) is 6.54 Å². The molecule has 1 aromatic heterocycles. The molecular weight excluding hydrogens is 258 g/mol. The standard InChI is InChI=1S/C13H17N5O2/c1-2-20-11-5-3-4-10(14)12(11)13(19)15-6-8-18-9-7-16-17-18/h3-5,7,9H,2,6,8,14H2,1H3,(H,15,19). The van der Waals surface area contributed by atoms with Gasteiger partial charge >= 0.3 is 0 Å². The fraction of sp³-hybridized carbons (Fsp3) is 0.308. The summed E-state index contributed by atoms with van der Waals surface area (Å²) < 4.78 is 7.06. The first kappa shape index (κ1) is 13.9. The third-order valence-electron chi connectivity index (χ3n) is 2.68. The highest BCUT2D eigenvalue weighted by atomic mass is 16.5. The van der Waals surface area contributed by atoms with Gasteiger partial charge in [-0.2, -0.15) is 0 Å². The second-order valence-electron chi connectivity index (χ2n) is 4.08. The van der Waals surface area contributed by atoms with Crippen LogP contribution in [0.25, 0.3) is 0 Å². The van der Waals surface area contributed by atoms with E-state index in [0.29, 0.717) is 36.7 Å². The smallest absolute Gasteiger partial charge is 0.257 e. The van der Waals surface area contributed by atoms with Crippen LogP contribution < -0.4 is 15.8 Å². The highest BCUT2D eigenvalue weighted by molar-refractivity contribution is 6.01. The normalized spacial score (nSPS) is 10.2. The van der Waals surface area contributed by atoms with E-state index in [1.807, 2.05) is 6.92 Å². The number of ether oxygens (including phenoxy) is 1. The average Bonchev–Trinajstić information content (AvgIpc) is 2.92. The van der Waals surface area contributed by atoms with E-state index in [1.165, 1.54) is 0 Å². The molecule has 0 saturated carbocycles. The van der Waals surface area contributed by atoms with Gasteiger partial charge in [-0.25, -0.2) is 0 Å². The molecule has 0 spiro atoms. The van der Waals surface area contributed by atoms with Crippen molar-refractivity contribution in [3.05, 3.63) is 36.2 Å². The van der Waals surface area contributed by atoms with Crippen LogP contribution in [0.5, 0.6) is 5.75 Å². The zero-order valence-electron chi connectivity index (χ0n) is 11.2. The molecule has 0 bridgehead atoms. The Morgan fingerprint density at radius 1 is 1.50 bits per heavy atom. The largest absolute Gasteiger partial charge is 0.493 e. The number of nitrogen functional groups attached to an aromatic ring is 1. The number of carbonyl (C=O) groups is 1. The Kier molecular flexibility index (Phi) is 4.54. The Labute approximate surface area is 116 Å². The zero-order chi connectivity index (χ0) is 14.4. The van der Waals surface area contributed by atoms with Crippen LogP contribution in [0.15, 0.2) is 30.6 Å². The number of carbonyl (C=O) groups excluding carboxylic acids is 1. The molecule has 3 N–H and O–H groups in total. The SMILES string of the molecule is CCOc1cccc(N)c1C(=O)NCCn1ccnn1. The average molecular weight is 275 g/mol. The third-order valence-corrected chi connectivity index (χ3v) is 2.68. The van der Waals surface area contributed by atoms with E-state index < -0.39 is 0 Å². The summed E-state index contributed by atoms with van der Waals surface area (Å²) in [5.41, 5.74) is 6.62. The molecule has 0 fully saturated rings. The van der Waals surface area contributed by atoms with Gasteiger partial charge in [0, 0.05) is 18.4 Å². The van der Waals surface area contributed by atoms with Crippen LogP contribution in [0.3, 0.4) is 0 Å². The Hall–Kier alpha value is -2.57. The van der Waals surface area contributed by atoms with Crippen molar-refractivity contribution in [2.75, 3.05) is 18.9 Å². The number of benzene rings is 1. The summed E-state index contributed by atoms with van der Waals surface area (Å²) >= 11 is 0. The molecule has 7 heteroatoms. The molecule has 0 radical (unpaired) electrons. The van der Waals surface area contributed by atoms with Crippen LogP contribution in [0.1, 0.15) is 17.3 Å². The molecule has 2 rings (SSSR count). The topological polar surface area (TPSA) is 95.1 Å². The summed E-state index contributed by atoms with van der Waals surface area (Å²) in [7, 11) is 0. The summed E-state index contributed by atoms with van der Waals surface area (Å²) in [6.45, 7) is 3.31. The van der Waals surface area contributed by atoms with Gasteiger partial charge < -0.3 is 15.8 Å². The first-order valence-electron chi connectivity index (χ1n) is 6.36. The first-order valence-corrected chi connectivity index (χ1v) is 6.36. The number of hydrogen-bond acceptors (Lipinski definition) is 5. The Balaban J connectivity index is 2.01. The van der Waals surface area contributed by atoms with Crippen molar-refractivity contribution in [1.82, 2.24) is 20.3 Å². The van der Waals surface area contributed by atoms with Crippen molar-refractivity contribution in [3.63, 3.8) is 0 Å². The van der Waals surface area contributed by atoms with E-state index in [2.05, 4.69) is 15.6 Å². The number of anilines is 1. The molecular formula is C13H17N5O2. The lowest BCUT2D eigenvalue weighted by atomic mass is 10.1. The fourth-order valence-electron chi connectivity index (χ4n) is 1.79. The van der Waals surface area contributed by atoms with E-state index in [0.717, 1.165) is 0 Å². The maximum Gasteiger partial charge on any atom is 0.257 e. The van der Waals surface area contributed by atoms with Gasteiger partial charge in [-0.05, 0) is 19.1 Å². The van der Waals surface area contributed by atoms with Gasteiger partial charge in [0.15, 0.2) is 0 Å². The van der Waals surface area contributed by atoms with Gasteiger partial charge in [0.2, 0.25) is 0 Å². The molecule has 7 nitrogen and oxygen atoms in total.